The van der Waals surface area contributed by atoms with Crippen molar-refractivity contribution >= 4 is 9.84 Å². The van der Waals surface area contributed by atoms with Crippen LogP contribution >= 0.6 is 0 Å². The van der Waals surface area contributed by atoms with Gasteiger partial charge in [0.15, 0.2) is 9.84 Å². The molecule has 0 aromatic heterocycles. The van der Waals surface area contributed by atoms with E-state index in [2.05, 4.69) is 34.5 Å². The maximum Gasteiger partial charge on any atom is 0.181 e. The Morgan fingerprint density at radius 2 is 1.53 bits per heavy atom. The van der Waals surface area contributed by atoms with E-state index in [0.717, 1.165) is 50.3 Å². The van der Waals surface area contributed by atoms with Crippen molar-refractivity contribution in [3.05, 3.63) is 59.7 Å². The topological polar surface area (TPSA) is 58.6 Å². The number of hydrogen-bond acceptors (Lipinski definition) is 5. The van der Waals surface area contributed by atoms with Crippen molar-refractivity contribution in [3.8, 4) is 5.75 Å². The number of rotatable bonds is 7. The summed E-state index contributed by atoms with van der Waals surface area (Å²) in [4.78, 5) is 3.16. The van der Waals surface area contributed by atoms with Crippen LogP contribution < -0.4 is 10.1 Å². The first-order valence-electron chi connectivity index (χ1n) is 15.1. The smallest absolute Gasteiger partial charge is 0.181 e. The lowest BCUT2D eigenvalue weighted by Crippen LogP contribution is -2.60. The zero-order chi connectivity index (χ0) is 25.7. The molecule has 1 atom stereocenters. The van der Waals surface area contributed by atoms with Crippen LogP contribution in [-0.2, 0) is 21.8 Å². The van der Waals surface area contributed by atoms with E-state index in [1.807, 2.05) is 12.1 Å². The molecule has 0 spiro atoms. The molecule has 0 amide bonds. The first-order valence-corrected chi connectivity index (χ1v) is 16.7. The summed E-state index contributed by atoms with van der Waals surface area (Å²) in [5, 5.41) is 3.99. The first-order chi connectivity index (χ1) is 18.5. The van der Waals surface area contributed by atoms with Crippen LogP contribution in [0.5, 0.6) is 5.75 Å². The zero-order valence-corrected chi connectivity index (χ0v) is 23.3. The van der Waals surface area contributed by atoms with Gasteiger partial charge in [0.05, 0.1) is 10.1 Å². The molecule has 2 aliphatic heterocycles. The van der Waals surface area contributed by atoms with Gasteiger partial charge >= 0.3 is 0 Å². The molecule has 1 unspecified atom stereocenters. The van der Waals surface area contributed by atoms with Crippen LogP contribution in [0.15, 0.2) is 53.4 Å². The predicted octanol–water partition coefficient (Wildman–Crippen LogP) is 5.48. The Morgan fingerprint density at radius 3 is 2.24 bits per heavy atom. The van der Waals surface area contributed by atoms with Crippen LogP contribution in [0.1, 0.15) is 75.3 Å². The number of sulfone groups is 1. The van der Waals surface area contributed by atoms with Gasteiger partial charge < -0.3 is 15.0 Å². The maximum absolute atomic E-state index is 12.4. The molecule has 4 fully saturated rings. The average Bonchev–Trinajstić information content (AvgIpc) is 3.66. The normalized spacial score (nSPS) is 31.1. The Hall–Kier alpha value is -1.89. The highest BCUT2D eigenvalue weighted by atomic mass is 32.2. The molecule has 5 nitrogen and oxygen atoms in total. The SMILES string of the molecule is O=S(=O)(c1ccc(OC2CC(N3CCC(C4(C5CCCC5)NCCc5ccccc54)CC3)C2)cc1)C1CC1. The minimum atomic E-state index is -3.13. The van der Waals surface area contributed by atoms with E-state index < -0.39 is 9.84 Å². The van der Waals surface area contributed by atoms with Crippen LogP contribution in [0.2, 0.25) is 0 Å². The summed E-state index contributed by atoms with van der Waals surface area (Å²) in [6.45, 7) is 3.49. The Kier molecular flexibility index (Phi) is 6.57. The van der Waals surface area contributed by atoms with Crippen molar-refractivity contribution in [1.82, 2.24) is 10.2 Å². The molecule has 1 saturated heterocycles. The summed E-state index contributed by atoms with van der Waals surface area (Å²) in [6.07, 6.45) is 13.2. The van der Waals surface area contributed by atoms with E-state index in [9.17, 15) is 8.42 Å². The Labute approximate surface area is 228 Å². The zero-order valence-electron chi connectivity index (χ0n) is 22.5. The molecule has 3 saturated carbocycles. The van der Waals surface area contributed by atoms with Gasteiger partial charge in [-0.25, -0.2) is 8.42 Å². The highest BCUT2D eigenvalue weighted by molar-refractivity contribution is 7.92. The lowest BCUT2D eigenvalue weighted by molar-refractivity contribution is -0.0170. The van der Waals surface area contributed by atoms with E-state index >= 15 is 0 Å². The lowest BCUT2D eigenvalue weighted by Gasteiger charge is -2.53. The third kappa shape index (κ3) is 4.41. The molecule has 6 heteroatoms. The minimum absolute atomic E-state index is 0.164. The van der Waals surface area contributed by atoms with Crippen molar-refractivity contribution in [2.24, 2.45) is 11.8 Å². The number of benzene rings is 2. The predicted molar refractivity (Wildman–Crippen MR) is 150 cm³/mol. The monoisotopic (exact) mass is 534 g/mol. The lowest BCUT2D eigenvalue weighted by atomic mass is 9.63. The first kappa shape index (κ1) is 25.1. The largest absolute Gasteiger partial charge is 0.490 e. The molecule has 3 aliphatic carbocycles. The molecule has 0 bridgehead atoms. The number of fused-ring (bicyclic) bond motifs is 1. The minimum Gasteiger partial charge on any atom is -0.490 e. The number of hydrogen-bond donors (Lipinski definition) is 1. The Balaban J connectivity index is 0.963. The molecular weight excluding hydrogens is 492 g/mol. The number of likely N-dealkylation sites (tertiary alicyclic amines) is 1. The van der Waals surface area contributed by atoms with Crippen molar-refractivity contribution in [3.63, 3.8) is 0 Å². The van der Waals surface area contributed by atoms with Crippen LogP contribution in [0.3, 0.4) is 0 Å². The van der Waals surface area contributed by atoms with Crippen LogP contribution in [0.4, 0.5) is 0 Å². The molecule has 5 aliphatic rings. The van der Waals surface area contributed by atoms with E-state index in [0.29, 0.717) is 16.9 Å². The van der Waals surface area contributed by atoms with Gasteiger partial charge in [-0.15, -0.1) is 0 Å². The summed E-state index contributed by atoms with van der Waals surface area (Å²) in [7, 11) is -3.13. The summed E-state index contributed by atoms with van der Waals surface area (Å²) >= 11 is 0. The quantitative estimate of drug-likeness (QED) is 0.510. The summed E-state index contributed by atoms with van der Waals surface area (Å²) in [6, 6.07) is 17.0. The second-order valence-electron chi connectivity index (χ2n) is 12.6. The van der Waals surface area contributed by atoms with Crippen molar-refractivity contribution in [1.29, 1.82) is 0 Å². The number of nitrogens with zero attached hydrogens (tertiary/aromatic N) is 1. The van der Waals surface area contributed by atoms with Crippen molar-refractivity contribution < 1.29 is 13.2 Å². The Bertz CT molecular complexity index is 1240. The summed E-state index contributed by atoms with van der Waals surface area (Å²) in [5.41, 5.74) is 3.37. The van der Waals surface area contributed by atoms with E-state index in [1.165, 1.54) is 51.6 Å². The van der Waals surface area contributed by atoms with Gasteiger partial charge in [-0.3, -0.25) is 0 Å². The summed E-state index contributed by atoms with van der Waals surface area (Å²) < 4.78 is 31.1. The van der Waals surface area contributed by atoms with Gasteiger partial charge in [-0.1, -0.05) is 37.1 Å². The third-order valence-corrected chi connectivity index (χ3v) is 12.7. The fourth-order valence-electron chi connectivity index (χ4n) is 8.21. The number of ether oxygens (including phenoxy) is 1. The average molecular weight is 535 g/mol. The molecular formula is C32H42N2O3S. The van der Waals surface area contributed by atoms with E-state index in [1.54, 1.807) is 23.3 Å². The van der Waals surface area contributed by atoms with Crippen molar-refractivity contribution in [2.75, 3.05) is 19.6 Å². The maximum atomic E-state index is 12.4. The molecule has 2 aromatic carbocycles. The highest BCUT2D eigenvalue weighted by Crippen LogP contribution is 2.51. The van der Waals surface area contributed by atoms with Crippen LogP contribution in [0, 0.1) is 11.8 Å². The fourth-order valence-corrected chi connectivity index (χ4v) is 9.86. The molecule has 204 valence electrons. The fraction of sp³-hybridized carbons (Fsp3) is 0.625. The van der Waals surface area contributed by atoms with Gasteiger partial charge in [-0.2, -0.15) is 0 Å². The Morgan fingerprint density at radius 1 is 0.842 bits per heavy atom. The standard InChI is InChI=1S/C32H42N2O3S/c35-38(36,30-13-14-30)29-11-9-27(10-12-29)37-28-21-26(22-28)34-19-16-25(17-20-34)32(24-6-2-3-7-24)31-8-4-1-5-23(31)15-18-33-32/h1,4-5,8-12,24-26,28,30,33H,2-3,6-7,13-22H2. The van der Waals surface area contributed by atoms with E-state index in [4.69, 9.17) is 4.74 Å². The van der Waals surface area contributed by atoms with Crippen molar-refractivity contribution in [2.45, 2.75) is 98.5 Å². The van der Waals surface area contributed by atoms with Gasteiger partial charge in [0.25, 0.3) is 0 Å². The molecule has 1 N–H and O–H groups in total. The third-order valence-electron chi connectivity index (χ3n) is 10.5. The molecule has 7 rings (SSSR count). The second-order valence-corrected chi connectivity index (χ2v) is 14.8. The molecule has 0 radical (unpaired) electrons. The van der Waals surface area contributed by atoms with Gasteiger partial charge in [-0.05, 0) is 105 Å². The highest BCUT2D eigenvalue weighted by Gasteiger charge is 2.50. The van der Waals surface area contributed by atoms with Gasteiger partial charge in [0.1, 0.15) is 11.9 Å². The molecule has 38 heavy (non-hydrogen) atoms. The molecule has 2 heterocycles. The van der Waals surface area contributed by atoms with Gasteiger partial charge in [0.2, 0.25) is 0 Å². The molecule has 2 aromatic rings. The van der Waals surface area contributed by atoms with E-state index in [-0.39, 0.29) is 16.9 Å². The van der Waals surface area contributed by atoms with Gasteiger partial charge in [0, 0.05) is 31.0 Å². The second kappa shape index (κ2) is 9.94. The van der Waals surface area contributed by atoms with Crippen LogP contribution in [-0.4, -0.2) is 50.3 Å². The number of nitrogens with one attached hydrogen (secondary N) is 1. The summed E-state index contributed by atoms with van der Waals surface area (Å²) in [5.74, 6) is 2.27. The van der Waals surface area contributed by atoms with Crippen LogP contribution in [0.25, 0.3) is 0 Å². The number of piperidine rings is 1.